The number of anilines is 1. The summed E-state index contributed by atoms with van der Waals surface area (Å²) in [5, 5.41) is 5.13. The summed E-state index contributed by atoms with van der Waals surface area (Å²) in [5.41, 5.74) is 7.67. The van der Waals surface area contributed by atoms with Crippen LogP contribution in [0.4, 0.5) is 5.82 Å². The first-order valence-corrected chi connectivity index (χ1v) is 5.27. The normalized spacial score (nSPS) is 10.9. The first-order valence-electron chi connectivity index (χ1n) is 5.27. The van der Waals surface area contributed by atoms with E-state index >= 15 is 0 Å². The Hall–Kier alpha value is -2.43. The van der Waals surface area contributed by atoms with Crippen LogP contribution in [0.2, 0.25) is 0 Å². The average Bonchev–Trinajstić information content (AvgIpc) is 2.76. The number of nitrogens with two attached hydrogens (primary N) is 1. The van der Waals surface area contributed by atoms with Gasteiger partial charge in [0, 0.05) is 17.6 Å². The minimum atomic E-state index is 0.476. The Morgan fingerprint density at radius 1 is 1.18 bits per heavy atom. The summed E-state index contributed by atoms with van der Waals surface area (Å²) >= 11 is 0. The molecular formula is C12H11N5. The van der Waals surface area contributed by atoms with E-state index in [0.29, 0.717) is 5.82 Å². The highest BCUT2D eigenvalue weighted by Crippen LogP contribution is 2.20. The van der Waals surface area contributed by atoms with Gasteiger partial charge in [-0.3, -0.25) is 0 Å². The smallest absolute Gasteiger partial charge is 0.164 e. The fourth-order valence-electron chi connectivity index (χ4n) is 1.86. The number of aromatic nitrogens is 4. The van der Waals surface area contributed by atoms with Gasteiger partial charge in [0.05, 0.1) is 5.52 Å². The zero-order valence-corrected chi connectivity index (χ0v) is 9.33. The van der Waals surface area contributed by atoms with Crippen molar-refractivity contribution >= 4 is 16.7 Å². The minimum Gasteiger partial charge on any atom is -0.382 e. The maximum Gasteiger partial charge on any atom is 0.164 e. The summed E-state index contributed by atoms with van der Waals surface area (Å²) in [4.78, 5) is 8.56. The van der Waals surface area contributed by atoms with E-state index in [2.05, 4.69) is 15.1 Å². The molecule has 2 N–H and O–H groups in total. The molecule has 2 heterocycles. The maximum atomic E-state index is 5.61. The van der Waals surface area contributed by atoms with Crippen molar-refractivity contribution in [3.8, 4) is 5.82 Å². The van der Waals surface area contributed by atoms with E-state index in [-0.39, 0.29) is 0 Å². The Balaban J connectivity index is 2.34. The molecule has 0 saturated carbocycles. The van der Waals surface area contributed by atoms with Gasteiger partial charge in [0.25, 0.3) is 0 Å². The highest BCUT2D eigenvalue weighted by atomic mass is 15.3. The van der Waals surface area contributed by atoms with Crippen molar-refractivity contribution in [2.24, 2.45) is 0 Å². The van der Waals surface area contributed by atoms with Crippen LogP contribution in [-0.2, 0) is 0 Å². The second kappa shape index (κ2) is 3.55. The summed E-state index contributed by atoms with van der Waals surface area (Å²) in [7, 11) is 0. The standard InChI is InChI=1S/C12H11N5/c1-8-3-2-4-9-11(8)14-7-15-12(9)17-6-5-10(13)16-17/h2-7H,1H3,(H2,13,16). The first-order chi connectivity index (χ1) is 8.25. The van der Waals surface area contributed by atoms with Crippen LogP contribution in [-0.4, -0.2) is 19.7 Å². The second-order valence-corrected chi connectivity index (χ2v) is 3.85. The van der Waals surface area contributed by atoms with E-state index in [0.717, 1.165) is 22.3 Å². The van der Waals surface area contributed by atoms with Crippen molar-refractivity contribution < 1.29 is 0 Å². The Bertz CT molecular complexity index is 686. The number of para-hydroxylation sites is 1. The zero-order chi connectivity index (χ0) is 11.8. The summed E-state index contributed by atoms with van der Waals surface area (Å²) in [6.07, 6.45) is 3.34. The molecule has 0 unspecified atom stereocenters. The van der Waals surface area contributed by atoms with Crippen molar-refractivity contribution in [2.45, 2.75) is 6.92 Å². The molecule has 0 saturated heterocycles. The van der Waals surface area contributed by atoms with Gasteiger partial charge >= 0.3 is 0 Å². The molecule has 5 nitrogen and oxygen atoms in total. The van der Waals surface area contributed by atoms with E-state index in [1.54, 1.807) is 23.3 Å². The van der Waals surface area contributed by atoms with Gasteiger partial charge in [-0.15, -0.1) is 5.10 Å². The molecule has 1 aromatic carbocycles. The monoisotopic (exact) mass is 225 g/mol. The highest BCUT2D eigenvalue weighted by molar-refractivity contribution is 5.87. The van der Waals surface area contributed by atoms with Crippen LogP contribution < -0.4 is 5.73 Å². The van der Waals surface area contributed by atoms with Crippen LogP contribution in [0, 0.1) is 6.92 Å². The molecule has 0 atom stereocenters. The fourth-order valence-corrected chi connectivity index (χ4v) is 1.86. The van der Waals surface area contributed by atoms with Crippen LogP contribution in [0.15, 0.2) is 36.8 Å². The van der Waals surface area contributed by atoms with Crippen molar-refractivity contribution in [1.82, 2.24) is 19.7 Å². The summed E-state index contributed by atoms with van der Waals surface area (Å²) in [5.74, 6) is 1.22. The van der Waals surface area contributed by atoms with Gasteiger partial charge in [-0.25, -0.2) is 14.6 Å². The number of benzene rings is 1. The Kier molecular flexibility index (Phi) is 2.04. The second-order valence-electron chi connectivity index (χ2n) is 3.85. The average molecular weight is 225 g/mol. The van der Waals surface area contributed by atoms with Gasteiger partial charge in [0.1, 0.15) is 12.1 Å². The quantitative estimate of drug-likeness (QED) is 0.684. The number of hydrogen-bond acceptors (Lipinski definition) is 4. The van der Waals surface area contributed by atoms with Crippen LogP contribution in [0.3, 0.4) is 0 Å². The first kappa shape index (κ1) is 9.77. The largest absolute Gasteiger partial charge is 0.382 e. The lowest BCUT2D eigenvalue weighted by Crippen LogP contribution is -2.01. The van der Waals surface area contributed by atoms with Crippen molar-refractivity contribution in [3.63, 3.8) is 0 Å². The third-order valence-electron chi connectivity index (χ3n) is 2.67. The van der Waals surface area contributed by atoms with E-state index in [1.165, 1.54) is 0 Å². The third kappa shape index (κ3) is 1.52. The Morgan fingerprint density at radius 2 is 2.06 bits per heavy atom. The Labute approximate surface area is 97.9 Å². The van der Waals surface area contributed by atoms with Crippen molar-refractivity contribution in [3.05, 3.63) is 42.4 Å². The van der Waals surface area contributed by atoms with Crippen molar-refractivity contribution in [1.29, 1.82) is 0 Å². The molecule has 0 aliphatic rings. The topological polar surface area (TPSA) is 69.6 Å². The summed E-state index contributed by atoms with van der Waals surface area (Å²) < 4.78 is 1.67. The van der Waals surface area contributed by atoms with Crippen LogP contribution in [0.25, 0.3) is 16.7 Å². The predicted molar refractivity (Wildman–Crippen MR) is 65.8 cm³/mol. The zero-order valence-electron chi connectivity index (χ0n) is 9.33. The van der Waals surface area contributed by atoms with Crippen molar-refractivity contribution in [2.75, 3.05) is 5.73 Å². The number of fused-ring (bicyclic) bond motifs is 1. The van der Waals surface area contributed by atoms with Crippen LogP contribution in [0.1, 0.15) is 5.56 Å². The molecule has 5 heteroatoms. The molecule has 84 valence electrons. The molecule has 0 radical (unpaired) electrons. The number of nitrogens with zero attached hydrogens (tertiary/aromatic N) is 4. The minimum absolute atomic E-state index is 0.476. The van der Waals surface area contributed by atoms with Gasteiger partial charge in [0.2, 0.25) is 0 Å². The molecule has 0 aliphatic carbocycles. The molecule has 17 heavy (non-hydrogen) atoms. The van der Waals surface area contributed by atoms with Crippen LogP contribution in [0.5, 0.6) is 0 Å². The number of aryl methyl sites for hydroxylation is 1. The van der Waals surface area contributed by atoms with Gasteiger partial charge in [0.15, 0.2) is 5.82 Å². The van der Waals surface area contributed by atoms with Gasteiger partial charge in [-0.1, -0.05) is 12.1 Å². The van der Waals surface area contributed by atoms with Crippen LogP contribution >= 0.6 is 0 Å². The molecule has 0 spiro atoms. The van der Waals surface area contributed by atoms with E-state index < -0.39 is 0 Å². The predicted octanol–water partition coefficient (Wildman–Crippen LogP) is 1.71. The van der Waals surface area contributed by atoms with Gasteiger partial charge in [-0.05, 0) is 18.6 Å². The lowest BCUT2D eigenvalue weighted by atomic mass is 10.1. The lowest BCUT2D eigenvalue weighted by molar-refractivity contribution is 0.855. The molecule has 3 rings (SSSR count). The van der Waals surface area contributed by atoms with E-state index in [4.69, 9.17) is 5.73 Å². The summed E-state index contributed by atoms with van der Waals surface area (Å²) in [6.45, 7) is 2.02. The third-order valence-corrected chi connectivity index (χ3v) is 2.67. The molecule has 0 amide bonds. The maximum absolute atomic E-state index is 5.61. The number of hydrogen-bond donors (Lipinski definition) is 1. The SMILES string of the molecule is Cc1cccc2c(-n3ccc(N)n3)ncnc12. The number of nitrogen functional groups attached to an aromatic ring is 1. The van der Waals surface area contributed by atoms with E-state index in [1.807, 2.05) is 25.1 Å². The number of rotatable bonds is 1. The fraction of sp³-hybridized carbons (Fsp3) is 0.0833. The van der Waals surface area contributed by atoms with Gasteiger partial charge in [-0.2, -0.15) is 0 Å². The molecule has 0 fully saturated rings. The van der Waals surface area contributed by atoms with E-state index in [9.17, 15) is 0 Å². The lowest BCUT2D eigenvalue weighted by Gasteiger charge is -2.06. The molecule has 0 aliphatic heterocycles. The Morgan fingerprint density at radius 3 is 2.82 bits per heavy atom. The highest BCUT2D eigenvalue weighted by Gasteiger charge is 2.07. The summed E-state index contributed by atoms with van der Waals surface area (Å²) in [6, 6.07) is 7.73. The molecule has 2 aromatic heterocycles. The van der Waals surface area contributed by atoms with Gasteiger partial charge < -0.3 is 5.73 Å². The molecule has 3 aromatic rings. The molecule has 0 bridgehead atoms. The molecular weight excluding hydrogens is 214 g/mol.